The second-order valence-electron chi connectivity index (χ2n) is 7.20. The lowest BCUT2D eigenvalue weighted by atomic mass is 9.97. The predicted molar refractivity (Wildman–Crippen MR) is 112 cm³/mol. The summed E-state index contributed by atoms with van der Waals surface area (Å²) in [5, 5.41) is 8.15. The number of aryl methyl sites for hydroxylation is 1. The summed E-state index contributed by atoms with van der Waals surface area (Å²) in [5.41, 5.74) is 1.51. The molecule has 11 heteroatoms. The summed E-state index contributed by atoms with van der Waals surface area (Å²) in [7, 11) is 3.25. The summed E-state index contributed by atoms with van der Waals surface area (Å²) >= 11 is 9.71. The van der Waals surface area contributed by atoms with E-state index in [1.165, 1.54) is 11.1 Å². The highest BCUT2D eigenvalue weighted by atomic mass is 79.9. The first kappa shape index (κ1) is 21.1. The fourth-order valence-corrected chi connectivity index (χ4v) is 4.25. The molecule has 1 aliphatic heterocycles. The molecule has 1 aliphatic rings. The average molecular weight is 500 g/mol. The highest BCUT2D eigenvalue weighted by Crippen LogP contribution is 2.44. The lowest BCUT2D eigenvalue weighted by Gasteiger charge is -2.17. The summed E-state index contributed by atoms with van der Waals surface area (Å²) in [6.45, 7) is 1.89. The third-order valence-electron chi connectivity index (χ3n) is 5.02. The zero-order valence-electron chi connectivity index (χ0n) is 16.3. The fraction of sp³-hybridized carbons (Fsp3) is 0.368. The molecule has 3 aromatic rings. The van der Waals surface area contributed by atoms with Crippen LogP contribution >= 0.6 is 27.5 Å². The van der Waals surface area contributed by atoms with E-state index in [9.17, 15) is 13.6 Å². The smallest absolute Gasteiger partial charge is 0.309 e. The number of nitrogens with zero attached hydrogens (tertiary/aromatic N) is 5. The number of halogens is 4. The molecule has 0 radical (unpaired) electrons. The van der Waals surface area contributed by atoms with Gasteiger partial charge in [0.15, 0.2) is 11.5 Å². The van der Waals surface area contributed by atoms with Crippen molar-refractivity contribution in [3.8, 4) is 11.1 Å². The largest absolute Gasteiger partial charge is 0.343 e. The number of carbonyl (C=O) groups excluding carboxylic acids is 1. The van der Waals surface area contributed by atoms with Crippen LogP contribution in [0.2, 0.25) is 5.02 Å². The van der Waals surface area contributed by atoms with E-state index in [0.717, 1.165) is 25.1 Å². The van der Waals surface area contributed by atoms with Crippen molar-refractivity contribution in [2.45, 2.75) is 25.9 Å². The molecule has 4 rings (SSSR count). The lowest BCUT2D eigenvalue weighted by molar-refractivity contribution is 0.0821. The number of aromatic nitrogens is 4. The zero-order chi connectivity index (χ0) is 21.6. The molecular formula is C19H18BrClF2N6O. The maximum atomic E-state index is 14.8. The van der Waals surface area contributed by atoms with Crippen LogP contribution in [0.15, 0.2) is 10.7 Å². The standard InChI is InChI=1S/C19H18BrClF2N6O/c1-28(2)18(30)17-12(10-8-24-5-3-4-6-29(10)27-17)11-9-7-25-19(23)26-16(9)15(22)13(20)14(11)21/h7,24H,3-6,8H2,1-2H3. The maximum Gasteiger partial charge on any atom is 0.309 e. The second-order valence-corrected chi connectivity index (χ2v) is 8.37. The molecule has 0 saturated carbocycles. The highest BCUT2D eigenvalue weighted by Gasteiger charge is 2.30. The number of rotatable bonds is 2. The van der Waals surface area contributed by atoms with Gasteiger partial charge in [-0.15, -0.1) is 0 Å². The molecular weight excluding hydrogens is 482 g/mol. The topological polar surface area (TPSA) is 75.9 Å². The summed E-state index contributed by atoms with van der Waals surface area (Å²) < 4.78 is 30.2. The molecule has 30 heavy (non-hydrogen) atoms. The van der Waals surface area contributed by atoms with Crippen molar-refractivity contribution in [1.82, 2.24) is 30.0 Å². The van der Waals surface area contributed by atoms with Crippen molar-refractivity contribution in [1.29, 1.82) is 0 Å². The minimum Gasteiger partial charge on any atom is -0.343 e. The molecule has 1 N–H and O–H groups in total. The predicted octanol–water partition coefficient (Wildman–Crippen LogP) is 3.77. The van der Waals surface area contributed by atoms with E-state index in [2.05, 4.69) is 36.3 Å². The number of benzene rings is 1. The monoisotopic (exact) mass is 498 g/mol. The number of hydrogen-bond donors (Lipinski definition) is 1. The maximum absolute atomic E-state index is 14.8. The van der Waals surface area contributed by atoms with Crippen LogP contribution in [0.25, 0.3) is 22.0 Å². The Morgan fingerprint density at radius 2 is 2.07 bits per heavy atom. The molecule has 3 heterocycles. The first-order valence-electron chi connectivity index (χ1n) is 9.32. The second kappa shape index (κ2) is 8.16. The number of fused-ring (bicyclic) bond motifs is 2. The van der Waals surface area contributed by atoms with Crippen LogP contribution in [-0.4, -0.2) is 51.2 Å². The Hall–Kier alpha value is -2.17. The molecule has 0 spiro atoms. The number of nitrogens with one attached hydrogen (secondary N) is 1. The molecule has 1 aromatic carbocycles. The highest BCUT2D eigenvalue weighted by molar-refractivity contribution is 9.10. The van der Waals surface area contributed by atoms with Crippen molar-refractivity contribution in [3.05, 3.63) is 39.0 Å². The first-order valence-corrected chi connectivity index (χ1v) is 10.5. The summed E-state index contributed by atoms with van der Waals surface area (Å²) in [6.07, 6.45) is 1.98. The van der Waals surface area contributed by atoms with Crippen molar-refractivity contribution in [2.75, 3.05) is 20.6 Å². The van der Waals surface area contributed by atoms with E-state index >= 15 is 0 Å². The Balaban J connectivity index is 2.12. The molecule has 0 bridgehead atoms. The van der Waals surface area contributed by atoms with E-state index in [0.29, 0.717) is 24.2 Å². The summed E-state index contributed by atoms with van der Waals surface area (Å²) in [6, 6.07) is 0. The van der Waals surface area contributed by atoms with Gasteiger partial charge in [0.05, 0.1) is 15.2 Å². The van der Waals surface area contributed by atoms with E-state index in [4.69, 9.17) is 11.6 Å². The molecule has 7 nitrogen and oxygen atoms in total. The molecule has 0 atom stereocenters. The third-order valence-corrected chi connectivity index (χ3v) is 6.37. The van der Waals surface area contributed by atoms with Gasteiger partial charge in [0.25, 0.3) is 5.91 Å². The SMILES string of the molecule is CN(C)C(=O)c1nn2c(c1-c1c(Cl)c(Br)c(F)c3nc(F)ncc13)CNCCCC2. The van der Waals surface area contributed by atoms with Crippen LogP contribution in [-0.2, 0) is 13.1 Å². The van der Waals surface area contributed by atoms with Crippen molar-refractivity contribution >= 4 is 44.3 Å². The molecule has 2 aromatic heterocycles. The Morgan fingerprint density at radius 3 is 2.80 bits per heavy atom. The Bertz CT molecular complexity index is 1170. The van der Waals surface area contributed by atoms with E-state index in [1.54, 1.807) is 18.8 Å². The van der Waals surface area contributed by atoms with Crippen LogP contribution in [0, 0.1) is 11.9 Å². The average Bonchev–Trinajstić information content (AvgIpc) is 3.03. The zero-order valence-corrected chi connectivity index (χ0v) is 18.6. The summed E-state index contributed by atoms with van der Waals surface area (Å²) in [4.78, 5) is 21.6. The van der Waals surface area contributed by atoms with Crippen LogP contribution in [0.4, 0.5) is 8.78 Å². The van der Waals surface area contributed by atoms with Crippen molar-refractivity contribution < 1.29 is 13.6 Å². The van der Waals surface area contributed by atoms with Crippen LogP contribution in [0.1, 0.15) is 29.0 Å². The van der Waals surface area contributed by atoms with Gasteiger partial charge in [0, 0.05) is 49.9 Å². The lowest BCUT2D eigenvalue weighted by Crippen LogP contribution is -2.23. The number of amides is 1. The van der Waals surface area contributed by atoms with Gasteiger partial charge in [-0.2, -0.15) is 14.5 Å². The van der Waals surface area contributed by atoms with Gasteiger partial charge in [-0.05, 0) is 35.3 Å². The molecule has 0 aliphatic carbocycles. The third kappa shape index (κ3) is 3.46. The molecule has 0 saturated heterocycles. The molecule has 158 valence electrons. The Labute approximate surface area is 184 Å². The molecule has 1 amide bonds. The van der Waals surface area contributed by atoms with Crippen molar-refractivity contribution in [2.24, 2.45) is 0 Å². The van der Waals surface area contributed by atoms with Gasteiger partial charge in [-0.3, -0.25) is 9.48 Å². The van der Waals surface area contributed by atoms with E-state index < -0.39 is 11.9 Å². The van der Waals surface area contributed by atoms with E-state index in [1.807, 2.05) is 0 Å². The van der Waals surface area contributed by atoms with Gasteiger partial charge in [-0.25, -0.2) is 9.37 Å². The normalized spacial score (nSPS) is 14.3. The Morgan fingerprint density at radius 1 is 1.30 bits per heavy atom. The van der Waals surface area contributed by atoms with Crippen LogP contribution in [0.5, 0.6) is 0 Å². The van der Waals surface area contributed by atoms with Gasteiger partial charge in [-0.1, -0.05) is 11.6 Å². The van der Waals surface area contributed by atoms with Crippen LogP contribution in [0.3, 0.4) is 0 Å². The Kier molecular flexibility index (Phi) is 5.73. The van der Waals surface area contributed by atoms with Gasteiger partial charge in [0.2, 0.25) is 0 Å². The van der Waals surface area contributed by atoms with Crippen LogP contribution < -0.4 is 5.32 Å². The first-order chi connectivity index (χ1) is 14.3. The van der Waals surface area contributed by atoms with Crippen molar-refractivity contribution in [3.63, 3.8) is 0 Å². The quantitative estimate of drug-likeness (QED) is 0.429. The molecule has 0 unspecified atom stereocenters. The summed E-state index contributed by atoms with van der Waals surface area (Å²) in [5.74, 6) is -1.12. The molecule has 0 fully saturated rings. The van der Waals surface area contributed by atoms with E-state index in [-0.39, 0.29) is 32.0 Å². The minimum atomic E-state index is -1.06. The van der Waals surface area contributed by atoms with Gasteiger partial charge in [0.1, 0.15) is 5.52 Å². The van der Waals surface area contributed by atoms with Gasteiger partial charge >= 0.3 is 6.08 Å². The minimum absolute atomic E-state index is 0.0425. The van der Waals surface area contributed by atoms with Gasteiger partial charge < -0.3 is 10.2 Å². The number of carbonyl (C=O) groups is 1. The number of hydrogen-bond acceptors (Lipinski definition) is 5. The fourth-order valence-electron chi connectivity index (χ4n) is 3.59.